The van der Waals surface area contributed by atoms with Crippen LogP contribution in [0.15, 0.2) is 65.6 Å². The van der Waals surface area contributed by atoms with E-state index in [1.165, 1.54) is 12.0 Å². The topological polar surface area (TPSA) is 67.2 Å². The summed E-state index contributed by atoms with van der Waals surface area (Å²) in [6.45, 7) is 4.12. The summed E-state index contributed by atoms with van der Waals surface area (Å²) in [4.78, 5) is 33.2. The minimum atomic E-state index is -0.275. The molecule has 1 fully saturated rings. The molecule has 0 unspecified atom stereocenters. The Kier molecular flexibility index (Phi) is 7.91. The van der Waals surface area contributed by atoms with E-state index in [2.05, 4.69) is 38.9 Å². The Labute approximate surface area is 201 Å². The van der Waals surface area contributed by atoms with Gasteiger partial charge in [-0.3, -0.25) is 14.6 Å². The Morgan fingerprint density at radius 2 is 1.91 bits per heavy atom. The molecule has 1 amide bonds. The van der Waals surface area contributed by atoms with Crippen molar-refractivity contribution >= 4 is 5.91 Å². The Hall–Kier alpha value is -3.25. The van der Waals surface area contributed by atoms with Crippen molar-refractivity contribution in [3.63, 3.8) is 0 Å². The first-order chi connectivity index (χ1) is 16.5. The van der Waals surface area contributed by atoms with E-state index in [-0.39, 0.29) is 16.9 Å². The molecule has 0 radical (unpaired) electrons. The highest BCUT2D eigenvalue weighted by Gasteiger charge is 2.23. The molecule has 34 heavy (non-hydrogen) atoms. The number of hydrogen-bond acceptors (Lipinski definition) is 4. The smallest absolute Gasteiger partial charge is 0.257 e. The van der Waals surface area contributed by atoms with E-state index in [1.807, 2.05) is 43.3 Å². The van der Waals surface area contributed by atoms with Crippen LogP contribution in [0.4, 0.5) is 0 Å². The van der Waals surface area contributed by atoms with Gasteiger partial charge >= 0.3 is 0 Å². The largest absolute Gasteiger partial charge is 0.352 e. The third-order valence-corrected chi connectivity index (χ3v) is 6.83. The molecule has 1 atom stereocenters. The van der Waals surface area contributed by atoms with Gasteiger partial charge < -0.3 is 14.8 Å². The van der Waals surface area contributed by atoms with Gasteiger partial charge in [-0.25, -0.2) is 0 Å². The van der Waals surface area contributed by atoms with Crippen molar-refractivity contribution < 1.29 is 4.79 Å². The number of pyridine rings is 2. The molecule has 6 heteroatoms. The third kappa shape index (κ3) is 5.81. The van der Waals surface area contributed by atoms with Crippen LogP contribution in [0.25, 0.3) is 0 Å². The van der Waals surface area contributed by atoms with Crippen LogP contribution in [0.3, 0.4) is 0 Å². The molecule has 3 aromatic rings. The van der Waals surface area contributed by atoms with E-state index in [1.54, 1.807) is 12.3 Å². The molecule has 2 aromatic heterocycles. The average molecular weight is 459 g/mol. The monoisotopic (exact) mass is 458 g/mol. The van der Waals surface area contributed by atoms with Crippen LogP contribution in [0.1, 0.15) is 52.3 Å². The van der Waals surface area contributed by atoms with Crippen molar-refractivity contribution in [2.75, 3.05) is 20.1 Å². The fourth-order valence-electron chi connectivity index (χ4n) is 4.90. The molecule has 0 aliphatic carbocycles. The summed E-state index contributed by atoms with van der Waals surface area (Å²) >= 11 is 0. The van der Waals surface area contributed by atoms with Gasteiger partial charge in [0.2, 0.25) is 0 Å². The number of amides is 1. The fourth-order valence-corrected chi connectivity index (χ4v) is 4.90. The predicted octanol–water partition coefficient (Wildman–Crippen LogP) is 3.60. The first-order valence-electron chi connectivity index (χ1n) is 12.2. The minimum Gasteiger partial charge on any atom is -0.352 e. The maximum absolute atomic E-state index is 13.3. The number of carbonyl (C=O) groups is 1. The van der Waals surface area contributed by atoms with E-state index in [0.29, 0.717) is 25.6 Å². The molecule has 1 aliphatic heterocycles. The van der Waals surface area contributed by atoms with E-state index >= 15 is 0 Å². The van der Waals surface area contributed by atoms with Crippen molar-refractivity contribution in [1.82, 2.24) is 19.8 Å². The van der Waals surface area contributed by atoms with Crippen LogP contribution < -0.4 is 10.7 Å². The molecule has 0 bridgehead atoms. The number of likely N-dealkylation sites (tertiary alicyclic amines) is 1. The fraction of sp³-hybridized carbons (Fsp3) is 0.393. The second-order valence-corrected chi connectivity index (χ2v) is 9.19. The van der Waals surface area contributed by atoms with Crippen molar-refractivity contribution in [2.45, 2.75) is 51.6 Å². The van der Waals surface area contributed by atoms with Crippen molar-refractivity contribution in [3.05, 3.63) is 99.2 Å². The standard InChI is InChI=1S/C28H34N4O2/c1-21-19-26(33)27(28(34)30-17-15-24-12-8-18-31(24)2)25(14-13-22-9-4-3-5-10-22)32(21)20-23-11-6-7-16-29-23/h3-7,9-11,16,19,24H,8,12-15,17-18,20H2,1-2H3,(H,30,34)/t24-/m1/s1. The van der Waals surface area contributed by atoms with Gasteiger partial charge in [0.1, 0.15) is 5.56 Å². The van der Waals surface area contributed by atoms with Crippen LogP contribution in [-0.2, 0) is 19.4 Å². The maximum atomic E-state index is 13.3. The van der Waals surface area contributed by atoms with Crippen LogP contribution in [0, 0.1) is 6.92 Å². The highest BCUT2D eigenvalue weighted by Crippen LogP contribution is 2.18. The van der Waals surface area contributed by atoms with Crippen molar-refractivity contribution in [1.29, 1.82) is 0 Å². The van der Waals surface area contributed by atoms with Crippen molar-refractivity contribution in [3.8, 4) is 0 Å². The van der Waals surface area contributed by atoms with E-state index in [0.717, 1.165) is 42.9 Å². The van der Waals surface area contributed by atoms with Gasteiger partial charge in [-0.1, -0.05) is 36.4 Å². The highest BCUT2D eigenvalue weighted by molar-refractivity contribution is 5.95. The Morgan fingerprint density at radius 3 is 2.62 bits per heavy atom. The summed E-state index contributed by atoms with van der Waals surface area (Å²) in [5, 5.41) is 3.04. The zero-order valence-corrected chi connectivity index (χ0v) is 20.2. The highest BCUT2D eigenvalue weighted by atomic mass is 16.2. The van der Waals surface area contributed by atoms with Crippen LogP contribution >= 0.6 is 0 Å². The molecular formula is C28H34N4O2. The summed E-state index contributed by atoms with van der Waals surface area (Å²) in [5.74, 6) is -0.275. The summed E-state index contributed by atoms with van der Waals surface area (Å²) in [5.41, 5.74) is 3.73. The number of hydrogen-bond donors (Lipinski definition) is 1. The van der Waals surface area contributed by atoms with E-state index in [4.69, 9.17) is 0 Å². The SMILES string of the molecule is Cc1cc(=O)c(C(=O)NCC[C@H]2CCCN2C)c(CCc2ccccc2)n1Cc1ccccn1. The number of nitrogens with zero attached hydrogens (tertiary/aromatic N) is 3. The maximum Gasteiger partial charge on any atom is 0.257 e. The van der Waals surface area contributed by atoms with Gasteiger partial charge in [-0.2, -0.15) is 0 Å². The predicted molar refractivity (Wildman–Crippen MR) is 135 cm³/mol. The number of aryl methyl sites for hydroxylation is 2. The molecule has 3 heterocycles. The third-order valence-electron chi connectivity index (χ3n) is 6.83. The molecule has 1 aliphatic rings. The normalized spacial score (nSPS) is 16.0. The van der Waals surface area contributed by atoms with Gasteiger partial charge in [-0.05, 0) is 70.3 Å². The molecule has 178 valence electrons. The molecule has 6 nitrogen and oxygen atoms in total. The minimum absolute atomic E-state index is 0.215. The molecule has 4 rings (SSSR count). The number of carbonyl (C=O) groups excluding carboxylic acids is 1. The lowest BCUT2D eigenvalue weighted by atomic mass is 10.0. The van der Waals surface area contributed by atoms with Crippen LogP contribution in [0.5, 0.6) is 0 Å². The first-order valence-corrected chi connectivity index (χ1v) is 12.2. The Bertz CT molecular complexity index is 1160. The molecule has 0 saturated carbocycles. The Morgan fingerprint density at radius 1 is 1.12 bits per heavy atom. The zero-order valence-electron chi connectivity index (χ0n) is 20.2. The molecular weight excluding hydrogens is 424 g/mol. The number of aromatic nitrogens is 2. The lowest BCUT2D eigenvalue weighted by Crippen LogP contribution is -2.36. The summed E-state index contributed by atoms with van der Waals surface area (Å²) in [6, 6.07) is 18.1. The van der Waals surface area contributed by atoms with E-state index < -0.39 is 0 Å². The second kappa shape index (κ2) is 11.3. The number of benzene rings is 1. The number of rotatable bonds is 9. The summed E-state index contributed by atoms with van der Waals surface area (Å²) in [6.07, 6.45) is 6.38. The lowest BCUT2D eigenvalue weighted by molar-refractivity contribution is 0.0947. The van der Waals surface area contributed by atoms with Crippen LogP contribution in [0.2, 0.25) is 0 Å². The van der Waals surface area contributed by atoms with Gasteiger partial charge in [0.05, 0.1) is 12.2 Å². The quantitative estimate of drug-likeness (QED) is 0.532. The van der Waals surface area contributed by atoms with Gasteiger partial charge in [-0.15, -0.1) is 0 Å². The summed E-state index contributed by atoms with van der Waals surface area (Å²) < 4.78 is 2.08. The molecule has 1 saturated heterocycles. The van der Waals surface area contributed by atoms with Gasteiger partial charge in [0, 0.05) is 36.2 Å². The van der Waals surface area contributed by atoms with Crippen molar-refractivity contribution in [2.24, 2.45) is 0 Å². The zero-order chi connectivity index (χ0) is 23.9. The lowest BCUT2D eigenvalue weighted by Gasteiger charge is -2.21. The average Bonchev–Trinajstić information content (AvgIpc) is 3.25. The molecule has 1 aromatic carbocycles. The number of nitrogens with one attached hydrogen (secondary N) is 1. The molecule has 0 spiro atoms. The van der Waals surface area contributed by atoms with Gasteiger partial charge in [0.25, 0.3) is 5.91 Å². The van der Waals surface area contributed by atoms with Gasteiger partial charge in [0.15, 0.2) is 5.43 Å². The summed E-state index contributed by atoms with van der Waals surface area (Å²) in [7, 11) is 2.14. The first kappa shape index (κ1) is 23.9. The van der Waals surface area contributed by atoms with Crippen LogP contribution in [-0.4, -0.2) is 46.5 Å². The Balaban J connectivity index is 1.62. The molecule has 1 N–H and O–H groups in total. The second-order valence-electron chi connectivity index (χ2n) is 9.19. The van der Waals surface area contributed by atoms with E-state index in [9.17, 15) is 9.59 Å².